The Morgan fingerprint density at radius 2 is 2.14 bits per heavy atom. The molecule has 0 heterocycles. The van der Waals surface area contributed by atoms with Crippen LogP contribution >= 0.6 is 0 Å². The van der Waals surface area contributed by atoms with Crippen molar-refractivity contribution in [3.63, 3.8) is 0 Å². The van der Waals surface area contributed by atoms with E-state index in [0.29, 0.717) is 0 Å². The van der Waals surface area contributed by atoms with Crippen LogP contribution in [-0.4, -0.2) is 5.71 Å². The SMILES string of the molecule is C=C1CCC(=N)C1. The van der Waals surface area contributed by atoms with E-state index in [2.05, 4.69) is 6.58 Å². The molecular weight excluding hydrogens is 86.1 g/mol. The highest BCUT2D eigenvalue weighted by atomic mass is 14.4. The van der Waals surface area contributed by atoms with Gasteiger partial charge in [0.1, 0.15) is 0 Å². The molecule has 0 atom stereocenters. The molecule has 0 aromatic carbocycles. The lowest BCUT2D eigenvalue weighted by atomic mass is 10.3. The number of hydrogen-bond donors (Lipinski definition) is 1. The Balaban J connectivity index is 2.55. The van der Waals surface area contributed by atoms with E-state index >= 15 is 0 Å². The second kappa shape index (κ2) is 1.49. The highest BCUT2D eigenvalue weighted by Crippen LogP contribution is 2.17. The minimum absolute atomic E-state index is 0.852. The maximum atomic E-state index is 7.12. The Labute approximate surface area is 43.6 Å². The molecule has 38 valence electrons. The fourth-order valence-corrected chi connectivity index (χ4v) is 0.806. The fourth-order valence-electron chi connectivity index (χ4n) is 0.806. The van der Waals surface area contributed by atoms with Crippen LogP contribution in [0.5, 0.6) is 0 Å². The van der Waals surface area contributed by atoms with Crippen molar-refractivity contribution in [2.75, 3.05) is 0 Å². The Bertz CT molecular complexity index is 99.3. The van der Waals surface area contributed by atoms with Crippen molar-refractivity contribution in [1.82, 2.24) is 0 Å². The summed E-state index contributed by atoms with van der Waals surface area (Å²) in [6, 6.07) is 0. The van der Waals surface area contributed by atoms with Crippen LogP contribution in [0.2, 0.25) is 0 Å². The first-order chi connectivity index (χ1) is 3.29. The third kappa shape index (κ3) is 0.889. The topological polar surface area (TPSA) is 23.9 Å². The van der Waals surface area contributed by atoms with Gasteiger partial charge in [0.15, 0.2) is 0 Å². The van der Waals surface area contributed by atoms with Gasteiger partial charge in [0.2, 0.25) is 0 Å². The molecule has 1 nitrogen and oxygen atoms in total. The molecule has 0 aliphatic heterocycles. The van der Waals surface area contributed by atoms with E-state index in [4.69, 9.17) is 5.41 Å². The lowest BCUT2D eigenvalue weighted by Crippen LogP contribution is -1.80. The molecule has 0 radical (unpaired) electrons. The average Bonchev–Trinajstić information content (AvgIpc) is 1.87. The molecule has 1 N–H and O–H groups in total. The minimum atomic E-state index is 0.852. The molecule has 0 aromatic rings. The molecule has 1 saturated carbocycles. The standard InChI is InChI=1S/C6H9N/c1-5-2-3-6(7)4-5/h7H,1-4H2. The quantitative estimate of drug-likeness (QED) is 0.443. The molecule has 1 aliphatic rings. The predicted molar refractivity (Wildman–Crippen MR) is 30.7 cm³/mol. The molecule has 1 heteroatoms. The highest BCUT2D eigenvalue weighted by molar-refractivity contribution is 5.86. The monoisotopic (exact) mass is 95.1 g/mol. The zero-order chi connectivity index (χ0) is 5.28. The molecule has 0 saturated heterocycles. The van der Waals surface area contributed by atoms with Crippen molar-refractivity contribution in [2.45, 2.75) is 19.3 Å². The summed E-state index contributed by atoms with van der Waals surface area (Å²) in [7, 11) is 0. The van der Waals surface area contributed by atoms with Gasteiger partial charge in [-0.05, 0) is 12.8 Å². The van der Waals surface area contributed by atoms with E-state index in [1.54, 1.807) is 0 Å². The van der Waals surface area contributed by atoms with Gasteiger partial charge in [-0.2, -0.15) is 0 Å². The molecule has 1 fully saturated rings. The zero-order valence-corrected chi connectivity index (χ0v) is 4.33. The van der Waals surface area contributed by atoms with Gasteiger partial charge in [-0.3, -0.25) is 0 Å². The maximum absolute atomic E-state index is 7.12. The summed E-state index contributed by atoms with van der Waals surface area (Å²) >= 11 is 0. The van der Waals surface area contributed by atoms with Crippen molar-refractivity contribution in [2.24, 2.45) is 0 Å². The van der Waals surface area contributed by atoms with Crippen LogP contribution in [0.1, 0.15) is 19.3 Å². The van der Waals surface area contributed by atoms with Crippen molar-refractivity contribution in [1.29, 1.82) is 5.41 Å². The molecule has 0 amide bonds. The van der Waals surface area contributed by atoms with E-state index in [1.807, 2.05) is 0 Å². The van der Waals surface area contributed by atoms with Crippen LogP contribution < -0.4 is 0 Å². The summed E-state index contributed by atoms with van der Waals surface area (Å²) in [5, 5.41) is 7.12. The summed E-state index contributed by atoms with van der Waals surface area (Å²) in [6.45, 7) is 3.76. The summed E-state index contributed by atoms with van der Waals surface area (Å²) in [6.07, 6.45) is 2.87. The highest BCUT2D eigenvalue weighted by Gasteiger charge is 2.08. The van der Waals surface area contributed by atoms with E-state index in [-0.39, 0.29) is 0 Å². The largest absolute Gasteiger partial charge is 0.309 e. The maximum Gasteiger partial charge on any atom is 0.0133 e. The third-order valence-electron chi connectivity index (χ3n) is 1.24. The second-order valence-corrected chi connectivity index (χ2v) is 2.03. The molecule has 0 bridgehead atoms. The predicted octanol–water partition coefficient (Wildman–Crippen LogP) is 1.75. The van der Waals surface area contributed by atoms with Gasteiger partial charge in [-0.1, -0.05) is 12.2 Å². The smallest absolute Gasteiger partial charge is 0.0133 e. The number of rotatable bonds is 0. The van der Waals surface area contributed by atoms with Crippen molar-refractivity contribution in [3.05, 3.63) is 12.2 Å². The number of nitrogens with one attached hydrogen (secondary N) is 1. The number of hydrogen-bond acceptors (Lipinski definition) is 1. The summed E-state index contributed by atoms with van der Waals surface area (Å²) < 4.78 is 0. The normalized spacial score (nSPS) is 21.1. The first-order valence-electron chi connectivity index (χ1n) is 2.52. The van der Waals surface area contributed by atoms with Crippen LogP contribution in [0.4, 0.5) is 0 Å². The zero-order valence-electron chi connectivity index (χ0n) is 4.33. The molecule has 1 rings (SSSR count). The molecule has 0 aromatic heterocycles. The van der Waals surface area contributed by atoms with Crippen LogP contribution in [0, 0.1) is 5.41 Å². The Morgan fingerprint density at radius 1 is 1.43 bits per heavy atom. The first kappa shape index (κ1) is 4.57. The van der Waals surface area contributed by atoms with Gasteiger partial charge < -0.3 is 5.41 Å². The van der Waals surface area contributed by atoms with Gasteiger partial charge in [0, 0.05) is 12.1 Å². The Kier molecular flexibility index (Phi) is 0.970. The van der Waals surface area contributed by atoms with Gasteiger partial charge in [0.05, 0.1) is 0 Å². The molecule has 0 spiro atoms. The molecule has 7 heavy (non-hydrogen) atoms. The summed E-state index contributed by atoms with van der Waals surface area (Å²) in [5.74, 6) is 0. The van der Waals surface area contributed by atoms with Gasteiger partial charge in [-0.25, -0.2) is 0 Å². The Morgan fingerprint density at radius 3 is 2.29 bits per heavy atom. The van der Waals surface area contributed by atoms with E-state index in [1.165, 1.54) is 5.57 Å². The van der Waals surface area contributed by atoms with Gasteiger partial charge in [0.25, 0.3) is 0 Å². The van der Waals surface area contributed by atoms with Crippen LogP contribution in [-0.2, 0) is 0 Å². The van der Waals surface area contributed by atoms with Gasteiger partial charge in [-0.15, -0.1) is 0 Å². The Hall–Kier alpha value is -0.590. The van der Waals surface area contributed by atoms with Gasteiger partial charge >= 0.3 is 0 Å². The number of allylic oxidation sites excluding steroid dienone is 1. The lowest BCUT2D eigenvalue weighted by molar-refractivity contribution is 1.09. The fraction of sp³-hybridized carbons (Fsp3) is 0.500. The van der Waals surface area contributed by atoms with Crippen molar-refractivity contribution in [3.8, 4) is 0 Å². The average molecular weight is 95.1 g/mol. The van der Waals surface area contributed by atoms with E-state index in [0.717, 1.165) is 25.0 Å². The minimum Gasteiger partial charge on any atom is -0.309 e. The van der Waals surface area contributed by atoms with Crippen molar-refractivity contribution < 1.29 is 0 Å². The first-order valence-corrected chi connectivity index (χ1v) is 2.52. The molecule has 0 unspecified atom stereocenters. The van der Waals surface area contributed by atoms with E-state index < -0.39 is 0 Å². The van der Waals surface area contributed by atoms with Crippen LogP contribution in [0.15, 0.2) is 12.2 Å². The summed E-state index contributed by atoms with van der Waals surface area (Å²) in [5.41, 5.74) is 2.08. The second-order valence-electron chi connectivity index (χ2n) is 2.03. The van der Waals surface area contributed by atoms with E-state index in [9.17, 15) is 0 Å². The lowest BCUT2D eigenvalue weighted by Gasteiger charge is -1.81. The molecule has 1 aliphatic carbocycles. The van der Waals surface area contributed by atoms with Crippen molar-refractivity contribution >= 4 is 5.71 Å². The molecular formula is C6H9N. The van der Waals surface area contributed by atoms with Crippen LogP contribution in [0.25, 0.3) is 0 Å². The summed E-state index contributed by atoms with van der Waals surface area (Å²) in [4.78, 5) is 0. The van der Waals surface area contributed by atoms with Crippen LogP contribution in [0.3, 0.4) is 0 Å². The third-order valence-corrected chi connectivity index (χ3v) is 1.24.